The van der Waals surface area contributed by atoms with E-state index in [0.29, 0.717) is 5.92 Å². The molecule has 0 aliphatic heterocycles. The number of anilines is 1. The first-order valence-corrected chi connectivity index (χ1v) is 4.29. The van der Waals surface area contributed by atoms with Crippen molar-refractivity contribution in [3.8, 4) is 0 Å². The van der Waals surface area contributed by atoms with Crippen LogP contribution in [0.4, 0.5) is 5.69 Å². The molecule has 1 rings (SSSR count). The first kappa shape index (κ1) is 9.58. The summed E-state index contributed by atoms with van der Waals surface area (Å²) in [4.78, 5) is 4.22. The molecule has 0 aliphatic rings. The van der Waals surface area contributed by atoms with Gasteiger partial charge in [-0.1, -0.05) is 13.8 Å². The Morgan fingerprint density at radius 1 is 1.46 bits per heavy atom. The van der Waals surface area contributed by atoms with Crippen LogP contribution in [0.2, 0.25) is 0 Å². The molecule has 0 unspecified atom stereocenters. The molecular weight excluding hydrogens is 162 g/mol. The largest absolute Gasteiger partial charge is 0.405 e. The summed E-state index contributed by atoms with van der Waals surface area (Å²) < 4.78 is 0. The minimum atomic E-state index is 0.339. The van der Waals surface area contributed by atoms with Gasteiger partial charge in [0.05, 0.1) is 11.4 Å². The molecule has 0 aliphatic carbocycles. The average molecular weight is 177 g/mol. The Hall–Kier alpha value is -1.51. The third-order valence-corrected chi connectivity index (χ3v) is 1.88. The highest BCUT2D eigenvalue weighted by Crippen LogP contribution is 2.22. The third-order valence-electron chi connectivity index (χ3n) is 1.88. The van der Waals surface area contributed by atoms with Gasteiger partial charge in [-0.15, -0.1) is 0 Å². The topological polar surface area (TPSA) is 64.9 Å². The van der Waals surface area contributed by atoms with Crippen LogP contribution in [0.15, 0.2) is 18.5 Å². The Morgan fingerprint density at radius 2 is 2.15 bits per heavy atom. The quantitative estimate of drug-likeness (QED) is 0.722. The van der Waals surface area contributed by atoms with E-state index < -0.39 is 0 Å². The SMILES string of the molecule is CC(C)c1nccc(/C=C\N)c1N. The lowest BCUT2D eigenvalue weighted by Gasteiger charge is -2.09. The number of nitrogens with two attached hydrogens (primary N) is 2. The van der Waals surface area contributed by atoms with Gasteiger partial charge in [-0.2, -0.15) is 0 Å². The second-order valence-corrected chi connectivity index (χ2v) is 3.21. The molecule has 0 spiro atoms. The molecule has 3 heteroatoms. The van der Waals surface area contributed by atoms with E-state index in [1.54, 1.807) is 12.3 Å². The van der Waals surface area contributed by atoms with E-state index in [1.165, 1.54) is 6.20 Å². The highest BCUT2D eigenvalue weighted by atomic mass is 14.7. The molecule has 1 aromatic heterocycles. The molecule has 0 saturated carbocycles. The van der Waals surface area contributed by atoms with Gasteiger partial charge in [0.2, 0.25) is 0 Å². The van der Waals surface area contributed by atoms with Crippen LogP contribution < -0.4 is 11.5 Å². The highest BCUT2D eigenvalue weighted by molar-refractivity contribution is 5.66. The second-order valence-electron chi connectivity index (χ2n) is 3.21. The van der Waals surface area contributed by atoms with E-state index in [1.807, 2.05) is 6.07 Å². The van der Waals surface area contributed by atoms with E-state index in [4.69, 9.17) is 11.5 Å². The number of aromatic nitrogens is 1. The molecule has 0 fully saturated rings. The molecule has 0 bridgehead atoms. The van der Waals surface area contributed by atoms with Crippen LogP contribution in [0.5, 0.6) is 0 Å². The Bertz CT molecular complexity index is 316. The van der Waals surface area contributed by atoms with Gasteiger partial charge in [-0.25, -0.2) is 0 Å². The lowest BCUT2D eigenvalue weighted by atomic mass is 10.0. The van der Waals surface area contributed by atoms with Crippen molar-refractivity contribution in [2.75, 3.05) is 5.73 Å². The molecule has 0 amide bonds. The van der Waals surface area contributed by atoms with Crippen molar-refractivity contribution in [3.05, 3.63) is 29.7 Å². The smallest absolute Gasteiger partial charge is 0.0664 e. The lowest BCUT2D eigenvalue weighted by molar-refractivity contribution is 0.826. The van der Waals surface area contributed by atoms with Crippen molar-refractivity contribution in [1.82, 2.24) is 4.98 Å². The molecule has 1 heterocycles. The third kappa shape index (κ3) is 1.99. The first-order valence-electron chi connectivity index (χ1n) is 4.29. The van der Waals surface area contributed by atoms with Crippen molar-refractivity contribution < 1.29 is 0 Å². The molecule has 70 valence electrons. The Kier molecular flexibility index (Phi) is 2.90. The summed E-state index contributed by atoms with van der Waals surface area (Å²) >= 11 is 0. The lowest BCUT2D eigenvalue weighted by Crippen LogP contribution is -2.01. The highest BCUT2D eigenvalue weighted by Gasteiger charge is 2.07. The van der Waals surface area contributed by atoms with E-state index in [-0.39, 0.29) is 0 Å². The van der Waals surface area contributed by atoms with Gasteiger partial charge in [0.1, 0.15) is 0 Å². The minimum absolute atomic E-state index is 0.339. The standard InChI is InChI=1S/C10H15N3/c1-7(2)10-9(12)8(3-5-11)4-6-13-10/h3-7H,11-12H2,1-2H3/b5-3-. The van der Waals surface area contributed by atoms with Crippen LogP contribution >= 0.6 is 0 Å². The van der Waals surface area contributed by atoms with Gasteiger partial charge in [0.15, 0.2) is 0 Å². The second kappa shape index (κ2) is 3.94. The zero-order valence-corrected chi connectivity index (χ0v) is 7.99. The first-order chi connectivity index (χ1) is 6.16. The normalized spacial score (nSPS) is 11.3. The van der Waals surface area contributed by atoms with E-state index in [0.717, 1.165) is 16.9 Å². The zero-order chi connectivity index (χ0) is 9.84. The summed E-state index contributed by atoms with van der Waals surface area (Å²) in [7, 11) is 0. The monoisotopic (exact) mass is 177 g/mol. The van der Waals surface area contributed by atoms with Crippen LogP contribution in [0.3, 0.4) is 0 Å². The molecule has 13 heavy (non-hydrogen) atoms. The van der Waals surface area contributed by atoms with E-state index in [2.05, 4.69) is 18.8 Å². The Balaban J connectivity index is 3.18. The van der Waals surface area contributed by atoms with E-state index >= 15 is 0 Å². The number of nitrogen functional groups attached to an aromatic ring is 1. The minimum Gasteiger partial charge on any atom is -0.405 e. The van der Waals surface area contributed by atoms with Gasteiger partial charge < -0.3 is 11.5 Å². The maximum absolute atomic E-state index is 5.90. The van der Waals surface area contributed by atoms with Gasteiger partial charge in [0.25, 0.3) is 0 Å². The van der Waals surface area contributed by atoms with Crippen molar-refractivity contribution in [3.63, 3.8) is 0 Å². The summed E-state index contributed by atoms with van der Waals surface area (Å²) in [6.45, 7) is 4.13. The predicted octanol–water partition coefficient (Wildman–Crippen LogP) is 1.72. The van der Waals surface area contributed by atoms with Gasteiger partial charge >= 0.3 is 0 Å². The van der Waals surface area contributed by atoms with Crippen molar-refractivity contribution in [1.29, 1.82) is 0 Å². The summed E-state index contributed by atoms with van der Waals surface area (Å²) in [6.07, 6.45) is 5.01. The molecule has 0 radical (unpaired) electrons. The Labute approximate surface area is 78.5 Å². The molecule has 0 aromatic carbocycles. The summed E-state index contributed by atoms with van der Waals surface area (Å²) in [6, 6.07) is 1.85. The average Bonchev–Trinajstić information content (AvgIpc) is 2.08. The van der Waals surface area contributed by atoms with Crippen LogP contribution in [0.1, 0.15) is 31.0 Å². The van der Waals surface area contributed by atoms with Crippen molar-refractivity contribution in [2.24, 2.45) is 5.73 Å². The van der Waals surface area contributed by atoms with E-state index in [9.17, 15) is 0 Å². The number of pyridine rings is 1. The summed E-state index contributed by atoms with van der Waals surface area (Å²) in [5, 5.41) is 0. The fourth-order valence-corrected chi connectivity index (χ4v) is 1.21. The van der Waals surface area contributed by atoms with Crippen LogP contribution in [-0.2, 0) is 0 Å². The number of nitrogens with zero attached hydrogens (tertiary/aromatic N) is 1. The van der Waals surface area contributed by atoms with Gasteiger partial charge in [-0.05, 0) is 24.3 Å². The molecule has 1 aromatic rings. The molecular formula is C10H15N3. The maximum atomic E-state index is 5.90. The maximum Gasteiger partial charge on any atom is 0.0664 e. The number of hydrogen-bond donors (Lipinski definition) is 2. The van der Waals surface area contributed by atoms with Gasteiger partial charge in [0, 0.05) is 11.8 Å². The molecule has 4 N–H and O–H groups in total. The zero-order valence-electron chi connectivity index (χ0n) is 7.99. The fraction of sp³-hybridized carbons (Fsp3) is 0.300. The van der Waals surface area contributed by atoms with Crippen molar-refractivity contribution in [2.45, 2.75) is 19.8 Å². The van der Waals surface area contributed by atoms with Gasteiger partial charge in [-0.3, -0.25) is 4.98 Å². The fourth-order valence-electron chi connectivity index (χ4n) is 1.21. The Morgan fingerprint density at radius 3 is 2.69 bits per heavy atom. The predicted molar refractivity (Wildman–Crippen MR) is 56.0 cm³/mol. The van der Waals surface area contributed by atoms with Crippen molar-refractivity contribution >= 4 is 11.8 Å². The molecule has 0 atom stereocenters. The van der Waals surface area contributed by atoms with Crippen LogP contribution in [-0.4, -0.2) is 4.98 Å². The number of rotatable bonds is 2. The molecule has 3 nitrogen and oxygen atoms in total. The molecule has 0 saturated heterocycles. The summed E-state index contributed by atoms with van der Waals surface area (Å²) in [5.41, 5.74) is 13.8. The summed E-state index contributed by atoms with van der Waals surface area (Å²) in [5.74, 6) is 0.339. The van der Waals surface area contributed by atoms with Crippen LogP contribution in [0.25, 0.3) is 6.08 Å². The van der Waals surface area contributed by atoms with Crippen LogP contribution in [0, 0.1) is 0 Å². The number of hydrogen-bond acceptors (Lipinski definition) is 3.